The van der Waals surface area contributed by atoms with Crippen LogP contribution in [0.15, 0.2) is 29.1 Å². The van der Waals surface area contributed by atoms with Gasteiger partial charge in [0.2, 0.25) is 0 Å². The van der Waals surface area contributed by atoms with Crippen LogP contribution in [0.2, 0.25) is 0 Å². The standard InChI is InChI=1S/C11H13N3O/c1-8-4-6-9(7-5-8)10-12-11(15)14(3)13(10)2/h4-7H,1-3H3. The van der Waals surface area contributed by atoms with Gasteiger partial charge in [-0.2, -0.15) is 4.98 Å². The van der Waals surface area contributed by atoms with Gasteiger partial charge in [-0.1, -0.05) is 29.8 Å². The molecule has 1 aromatic heterocycles. The van der Waals surface area contributed by atoms with E-state index < -0.39 is 0 Å². The molecule has 0 amide bonds. The van der Waals surface area contributed by atoms with Gasteiger partial charge in [0.15, 0.2) is 5.82 Å². The van der Waals surface area contributed by atoms with Gasteiger partial charge in [0.1, 0.15) is 0 Å². The molecule has 0 spiro atoms. The summed E-state index contributed by atoms with van der Waals surface area (Å²) >= 11 is 0. The number of hydrogen-bond donors (Lipinski definition) is 0. The molecule has 1 heterocycles. The SMILES string of the molecule is Cc1ccc(-c2nc(=O)n(C)n2C)cc1. The summed E-state index contributed by atoms with van der Waals surface area (Å²) < 4.78 is 3.22. The minimum Gasteiger partial charge on any atom is -0.267 e. The largest absolute Gasteiger partial charge is 0.364 e. The van der Waals surface area contributed by atoms with Crippen LogP contribution in [-0.4, -0.2) is 14.3 Å². The fourth-order valence-electron chi connectivity index (χ4n) is 1.46. The third-order valence-electron chi connectivity index (χ3n) is 2.54. The van der Waals surface area contributed by atoms with E-state index in [4.69, 9.17) is 0 Å². The summed E-state index contributed by atoms with van der Waals surface area (Å²) in [6.45, 7) is 2.03. The predicted octanol–water partition coefficient (Wildman–Crippen LogP) is 1.09. The van der Waals surface area contributed by atoms with E-state index in [2.05, 4.69) is 4.98 Å². The van der Waals surface area contributed by atoms with Crippen molar-refractivity contribution in [1.82, 2.24) is 14.3 Å². The summed E-state index contributed by atoms with van der Waals surface area (Å²) in [5, 5.41) is 0. The fourth-order valence-corrected chi connectivity index (χ4v) is 1.46. The molecule has 2 aromatic rings. The molecule has 0 fully saturated rings. The Morgan fingerprint density at radius 3 is 2.13 bits per heavy atom. The number of nitrogens with zero attached hydrogens (tertiary/aromatic N) is 3. The Balaban J connectivity index is 2.59. The van der Waals surface area contributed by atoms with E-state index in [1.807, 2.05) is 38.2 Å². The molecule has 0 unspecified atom stereocenters. The van der Waals surface area contributed by atoms with Gasteiger partial charge in [0, 0.05) is 19.7 Å². The van der Waals surface area contributed by atoms with Crippen LogP contribution in [0.25, 0.3) is 11.4 Å². The van der Waals surface area contributed by atoms with Gasteiger partial charge >= 0.3 is 5.69 Å². The van der Waals surface area contributed by atoms with Crippen LogP contribution in [0.4, 0.5) is 0 Å². The minimum absolute atomic E-state index is 0.229. The molecule has 4 heteroatoms. The van der Waals surface area contributed by atoms with Crippen molar-refractivity contribution in [2.24, 2.45) is 14.1 Å². The Hall–Kier alpha value is -1.84. The van der Waals surface area contributed by atoms with E-state index in [-0.39, 0.29) is 5.69 Å². The van der Waals surface area contributed by atoms with E-state index >= 15 is 0 Å². The topological polar surface area (TPSA) is 39.8 Å². The lowest BCUT2D eigenvalue weighted by Gasteiger charge is -2.03. The van der Waals surface area contributed by atoms with Crippen molar-refractivity contribution in [2.45, 2.75) is 6.92 Å². The number of aromatic nitrogens is 3. The molecule has 4 nitrogen and oxygen atoms in total. The maximum atomic E-state index is 11.3. The molecule has 2 rings (SSSR count). The van der Waals surface area contributed by atoms with Crippen LogP contribution >= 0.6 is 0 Å². The zero-order chi connectivity index (χ0) is 11.0. The summed E-state index contributed by atoms with van der Waals surface area (Å²) in [6.07, 6.45) is 0. The third-order valence-corrected chi connectivity index (χ3v) is 2.54. The van der Waals surface area contributed by atoms with Crippen molar-refractivity contribution in [3.05, 3.63) is 40.3 Å². The highest BCUT2D eigenvalue weighted by molar-refractivity contribution is 5.55. The van der Waals surface area contributed by atoms with Crippen molar-refractivity contribution < 1.29 is 0 Å². The van der Waals surface area contributed by atoms with Crippen LogP contribution < -0.4 is 5.69 Å². The Bertz CT molecular complexity index is 534. The molecule has 0 aliphatic carbocycles. The van der Waals surface area contributed by atoms with Gasteiger partial charge in [-0.25, -0.2) is 9.48 Å². The molecular weight excluding hydrogens is 190 g/mol. The Morgan fingerprint density at radius 2 is 1.67 bits per heavy atom. The highest BCUT2D eigenvalue weighted by Gasteiger charge is 2.08. The molecule has 0 saturated heterocycles. The predicted molar refractivity (Wildman–Crippen MR) is 58.6 cm³/mol. The zero-order valence-corrected chi connectivity index (χ0v) is 9.06. The first kappa shape index (κ1) is 9.71. The molecule has 0 aliphatic heterocycles. The van der Waals surface area contributed by atoms with Crippen LogP contribution in [0.1, 0.15) is 5.56 Å². The van der Waals surface area contributed by atoms with E-state index in [9.17, 15) is 4.79 Å². The van der Waals surface area contributed by atoms with Crippen LogP contribution in [-0.2, 0) is 14.1 Å². The second-order valence-corrected chi connectivity index (χ2v) is 3.63. The highest BCUT2D eigenvalue weighted by atomic mass is 16.2. The molecule has 78 valence electrons. The smallest absolute Gasteiger partial charge is 0.267 e. The normalized spacial score (nSPS) is 10.6. The van der Waals surface area contributed by atoms with E-state index in [0.717, 1.165) is 5.56 Å². The van der Waals surface area contributed by atoms with Gasteiger partial charge in [0.05, 0.1) is 0 Å². The maximum Gasteiger partial charge on any atom is 0.364 e. The second-order valence-electron chi connectivity index (χ2n) is 3.63. The number of aryl methyl sites for hydroxylation is 1. The molecule has 0 atom stereocenters. The van der Waals surface area contributed by atoms with Gasteiger partial charge in [-0.05, 0) is 6.92 Å². The Morgan fingerprint density at radius 1 is 1.07 bits per heavy atom. The molecule has 0 N–H and O–H groups in total. The summed E-state index contributed by atoms with van der Waals surface area (Å²) in [5.41, 5.74) is 1.92. The number of hydrogen-bond acceptors (Lipinski definition) is 2. The van der Waals surface area contributed by atoms with Crippen LogP contribution in [0, 0.1) is 6.92 Å². The van der Waals surface area contributed by atoms with Crippen molar-refractivity contribution in [3.8, 4) is 11.4 Å². The van der Waals surface area contributed by atoms with Crippen LogP contribution in [0.3, 0.4) is 0 Å². The highest BCUT2D eigenvalue weighted by Crippen LogP contribution is 2.15. The summed E-state index contributed by atoms with van der Waals surface area (Å²) in [6, 6.07) is 7.96. The average Bonchev–Trinajstić information content (AvgIpc) is 2.47. The number of rotatable bonds is 1. The number of benzene rings is 1. The fraction of sp³-hybridized carbons (Fsp3) is 0.273. The van der Waals surface area contributed by atoms with Crippen molar-refractivity contribution >= 4 is 0 Å². The molecule has 15 heavy (non-hydrogen) atoms. The van der Waals surface area contributed by atoms with Crippen molar-refractivity contribution in [1.29, 1.82) is 0 Å². The summed E-state index contributed by atoms with van der Waals surface area (Å²) in [4.78, 5) is 15.3. The molecule has 1 aromatic carbocycles. The lowest BCUT2D eigenvalue weighted by molar-refractivity contribution is 0.583. The minimum atomic E-state index is -0.229. The van der Waals surface area contributed by atoms with Gasteiger partial charge in [0.25, 0.3) is 0 Å². The first-order valence-electron chi connectivity index (χ1n) is 4.76. The Kier molecular flexibility index (Phi) is 2.19. The van der Waals surface area contributed by atoms with E-state index in [1.165, 1.54) is 10.2 Å². The quantitative estimate of drug-likeness (QED) is 0.696. The first-order valence-corrected chi connectivity index (χ1v) is 4.76. The average molecular weight is 203 g/mol. The molecule has 0 bridgehead atoms. The van der Waals surface area contributed by atoms with Crippen molar-refractivity contribution in [2.75, 3.05) is 0 Å². The zero-order valence-electron chi connectivity index (χ0n) is 9.06. The third kappa shape index (κ3) is 1.58. The molecule has 0 aliphatic rings. The first-order chi connectivity index (χ1) is 7.09. The monoisotopic (exact) mass is 203 g/mol. The van der Waals surface area contributed by atoms with E-state index in [1.54, 1.807) is 11.7 Å². The lowest BCUT2D eigenvalue weighted by atomic mass is 10.1. The summed E-state index contributed by atoms with van der Waals surface area (Å²) in [5.74, 6) is 0.697. The molecular formula is C11H13N3O. The maximum absolute atomic E-state index is 11.3. The van der Waals surface area contributed by atoms with Gasteiger partial charge in [-0.3, -0.25) is 4.68 Å². The second kappa shape index (κ2) is 3.38. The summed E-state index contributed by atoms with van der Waals surface area (Å²) in [7, 11) is 3.52. The van der Waals surface area contributed by atoms with Gasteiger partial charge in [-0.15, -0.1) is 0 Å². The molecule has 0 saturated carbocycles. The van der Waals surface area contributed by atoms with Crippen molar-refractivity contribution in [3.63, 3.8) is 0 Å². The van der Waals surface area contributed by atoms with E-state index in [0.29, 0.717) is 5.82 Å². The van der Waals surface area contributed by atoms with Gasteiger partial charge < -0.3 is 0 Å². The molecule has 0 radical (unpaired) electrons. The lowest BCUT2D eigenvalue weighted by Crippen LogP contribution is -2.17. The Labute approximate surface area is 87.8 Å². The van der Waals surface area contributed by atoms with Crippen LogP contribution in [0.5, 0.6) is 0 Å².